The summed E-state index contributed by atoms with van der Waals surface area (Å²) in [6, 6.07) is 12.3. The van der Waals surface area contributed by atoms with Crippen LogP contribution in [0.2, 0.25) is 0 Å². The third-order valence-corrected chi connectivity index (χ3v) is 4.53. The molecule has 0 atom stereocenters. The van der Waals surface area contributed by atoms with Crippen molar-refractivity contribution >= 4 is 22.9 Å². The second kappa shape index (κ2) is 8.08. The Hall–Kier alpha value is -3.42. The number of hydrogen-bond donors (Lipinski definition) is 2. The summed E-state index contributed by atoms with van der Waals surface area (Å²) in [5.74, 6) is 1.60. The second-order valence-electron chi connectivity index (χ2n) is 6.63. The Balaban J connectivity index is 1.55. The number of nitrogen functional groups attached to an aromatic ring is 1. The lowest BCUT2D eigenvalue weighted by Gasteiger charge is -2.08. The average molecular weight is 376 g/mol. The molecule has 0 unspecified atom stereocenters. The van der Waals surface area contributed by atoms with Gasteiger partial charge in [-0.3, -0.25) is 4.57 Å². The van der Waals surface area contributed by atoms with Crippen LogP contribution in [0, 0.1) is 0 Å². The smallest absolute Gasteiger partial charge is 0.233 e. The number of benzene rings is 1. The maximum Gasteiger partial charge on any atom is 0.233 e. The van der Waals surface area contributed by atoms with E-state index in [1.54, 1.807) is 10.9 Å². The minimum Gasteiger partial charge on any atom is -0.382 e. The summed E-state index contributed by atoms with van der Waals surface area (Å²) in [4.78, 5) is 13.7. The van der Waals surface area contributed by atoms with E-state index in [2.05, 4.69) is 56.6 Å². The van der Waals surface area contributed by atoms with E-state index in [9.17, 15) is 0 Å². The van der Waals surface area contributed by atoms with E-state index in [0.29, 0.717) is 23.2 Å². The molecule has 0 bridgehead atoms. The Kier molecular flexibility index (Phi) is 5.18. The van der Waals surface area contributed by atoms with Crippen LogP contribution in [0.3, 0.4) is 0 Å². The summed E-state index contributed by atoms with van der Waals surface area (Å²) in [6.45, 7) is 3.66. The van der Waals surface area contributed by atoms with Gasteiger partial charge in [0, 0.05) is 25.5 Å². The number of anilines is 2. The number of hydrogen-bond acceptors (Lipinski definition) is 6. The van der Waals surface area contributed by atoms with Crippen LogP contribution in [0.4, 0.5) is 11.8 Å². The minimum atomic E-state index is 0.374. The predicted molar refractivity (Wildman–Crippen MR) is 110 cm³/mol. The summed E-state index contributed by atoms with van der Waals surface area (Å²) in [7, 11) is 0. The average Bonchev–Trinajstić information content (AvgIpc) is 3.35. The van der Waals surface area contributed by atoms with Crippen LogP contribution >= 0.6 is 0 Å². The highest BCUT2D eigenvalue weighted by Gasteiger charge is 2.17. The van der Waals surface area contributed by atoms with Crippen LogP contribution < -0.4 is 11.1 Å². The van der Waals surface area contributed by atoms with Gasteiger partial charge in [-0.25, -0.2) is 9.67 Å². The van der Waals surface area contributed by atoms with Crippen molar-refractivity contribution in [2.24, 2.45) is 0 Å². The zero-order chi connectivity index (χ0) is 19.3. The van der Waals surface area contributed by atoms with Crippen LogP contribution in [0.25, 0.3) is 17.1 Å². The van der Waals surface area contributed by atoms with Crippen molar-refractivity contribution in [2.75, 3.05) is 17.6 Å². The topological polar surface area (TPSA) is 99.5 Å². The normalized spacial score (nSPS) is 11.2. The lowest BCUT2D eigenvalue weighted by molar-refractivity contribution is 0.647. The Morgan fingerprint density at radius 3 is 2.68 bits per heavy atom. The van der Waals surface area contributed by atoms with Crippen molar-refractivity contribution in [1.29, 1.82) is 0 Å². The third-order valence-electron chi connectivity index (χ3n) is 4.53. The molecule has 8 heteroatoms. The van der Waals surface area contributed by atoms with Crippen molar-refractivity contribution < 1.29 is 0 Å². The Bertz CT molecular complexity index is 1040. The first-order chi connectivity index (χ1) is 13.8. The number of fused-ring (bicyclic) bond motifs is 1. The molecule has 3 N–H and O–H groups in total. The van der Waals surface area contributed by atoms with Gasteiger partial charge in [0.2, 0.25) is 11.9 Å². The first-order valence-electron chi connectivity index (χ1n) is 9.58. The summed E-state index contributed by atoms with van der Waals surface area (Å²) in [5, 5.41) is 7.59. The molecule has 0 aliphatic heterocycles. The molecule has 0 spiro atoms. The Labute approximate surface area is 163 Å². The molecule has 28 heavy (non-hydrogen) atoms. The number of imidazole rings is 1. The number of rotatable bonds is 8. The lowest BCUT2D eigenvalue weighted by Crippen LogP contribution is -2.10. The molecule has 0 aliphatic rings. The van der Waals surface area contributed by atoms with Gasteiger partial charge in [-0.2, -0.15) is 15.1 Å². The summed E-state index contributed by atoms with van der Waals surface area (Å²) in [5.41, 5.74) is 8.84. The lowest BCUT2D eigenvalue weighted by atomic mass is 10.1. The highest BCUT2D eigenvalue weighted by molar-refractivity contribution is 5.84. The van der Waals surface area contributed by atoms with Crippen LogP contribution in [-0.2, 0) is 13.0 Å². The largest absolute Gasteiger partial charge is 0.382 e. The van der Waals surface area contributed by atoms with Crippen LogP contribution in [-0.4, -0.2) is 35.8 Å². The summed E-state index contributed by atoms with van der Waals surface area (Å²) >= 11 is 0. The van der Waals surface area contributed by atoms with E-state index in [1.165, 1.54) is 5.56 Å². The number of aryl methyl sites for hydroxylation is 2. The number of nitrogens with two attached hydrogens (primary N) is 1. The van der Waals surface area contributed by atoms with E-state index in [-0.39, 0.29) is 0 Å². The SMILES string of the molecule is CCCn1c(-n2cccn2)nc2c(N)nc(NCCCc3ccccc3)nc21. The molecule has 3 heterocycles. The second-order valence-corrected chi connectivity index (χ2v) is 6.63. The van der Waals surface area contributed by atoms with E-state index in [0.717, 1.165) is 38.0 Å². The standard InChI is InChI=1S/C20H24N8/c1-2-13-27-18-16(24-20(27)28-14-7-12-23-28)17(21)25-19(26-18)22-11-6-10-15-8-4-3-5-9-15/h3-5,7-9,12,14H,2,6,10-11,13H2,1H3,(H3,21,22,25,26). The highest BCUT2D eigenvalue weighted by Crippen LogP contribution is 2.23. The van der Waals surface area contributed by atoms with Gasteiger partial charge in [-0.15, -0.1) is 0 Å². The Morgan fingerprint density at radius 1 is 1.07 bits per heavy atom. The molecule has 4 rings (SSSR count). The van der Waals surface area contributed by atoms with Gasteiger partial charge < -0.3 is 11.1 Å². The number of nitrogens with zero attached hydrogens (tertiary/aromatic N) is 6. The highest BCUT2D eigenvalue weighted by atomic mass is 15.4. The molecule has 1 aromatic carbocycles. The van der Waals surface area contributed by atoms with Crippen molar-refractivity contribution in [3.05, 3.63) is 54.4 Å². The molecule has 0 radical (unpaired) electrons. The van der Waals surface area contributed by atoms with E-state index in [4.69, 9.17) is 5.73 Å². The zero-order valence-corrected chi connectivity index (χ0v) is 15.9. The minimum absolute atomic E-state index is 0.374. The quantitative estimate of drug-likeness (QED) is 0.459. The van der Waals surface area contributed by atoms with Gasteiger partial charge in [-0.1, -0.05) is 37.3 Å². The predicted octanol–water partition coefficient (Wildman–Crippen LogP) is 3.05. The van der Waals surface area contributed by atoms with Crippen molar-refractivity contribution in [3.8, 4) is 5.95 Å². The van der Waals surface area contributed by atoms with Crippen LogP contribution in [0.1, 0.15) is 25.3 Å². The molecular formula is C20H24N8. The first kappa shape index (κ1) is 18.0. The molecule has 8 nitrogen and oxygen atoms in total. The zero-order valence-electron chi connectivity index (χ0n) is 15.9. The maximum absolute atomic E-state index is 6.19. The third kappa shape index (κ3) is 3.66. The molecule has 0 saturated heterocycles. The van der Waals surface area contributed by atoms with E-state index in [1.807, 2.05) is 22.9 Å². The molecule has 0 aliphatic carbocycles. The molecule has 0 saturated carbocycles. The number of nitrogens with one attached hydrogen (secondary N) is 1. The number of aromatic nitrogens is 6. The Morgan fingerprint density at radius 2 is 1.93 bits per heavy atom. The van der Waals surface area contributed by atoms with Crippen LogP contribution in [0.15, 0.2) is 48.8 Å². The molecule has 144 valence electrons. The van der Waals surface area contributed by atoms with Gasteiger partial charge in [0.25, 0.3) is 0 Å². The molecule has 0 fully saturated rings. The fraction of sp³-hybridized carbons (Fsp3) is 0.300. The van der Waals surface area contributed by atoms with E-state index < -0.39 is 0 Å². The molecule has 3 aromatic heterocycles. The van der Waals surface area contributed by atoms with Gasteiger partial charge in [0.1, 0.15) is 0 Å². The van der Waals surface area contributed by atoms with Crippen molar-refractivity contribution in [3.63, 3.8) is 0 Å². The van der Waals surface area contributed by atoms with Gasteiger partial charge in [0.05, 0.1) is 0 Å². The molecule has 0 amide bonds. The van der Waals surface area contributed by atoms with Crippen LogP contribution in [0.5, 0.6) is 0 Å². The summed E-state index contributed by atoms with van der Waals surface area (Å²) in [6.07, 6.45) is 6.52. The van der Waals surface area contributed by atoms with Gasteiger partial charge in [0.15, 0.2) is 17.0 Å². The molecular weight excluding hydrogens is 352 g/mol. The summed E-state index contributed by atoms with van der Waals surface area (Å²) < 4.78 is 3.76. The fourth-order valence-corrected chi connectivity index (χ4v) is 3.22. The van der Waals surface area contributed by atoms with Crippen molar-refractivity contribution in [2.45, 2.75) is 32.7 Å². The molecule has 4 aromatic rings. The first-order valence-corrected chi connectivity index (χ1v) is 9.58. The van der Waals surface area contributed by atoms with Gasteiger partial charge in [-0.05, 0) is 30.9 Å². The maximum atomic E-state index is 6.19. The van der Waals surface area contributed by atoms with E-state index >= 15 is 0 Å². The van der Waals surface area contributed by atoms with Crippen molar-refractivity contribution in [1.82, 2.24) is 29.3 Å². The monoisotopic (exact) mass is 376 g/mol. The fourth-order valence-electron chi connectivity index (χ4n) is 3.22. The van der Waals surface area contributed by atoms with Gasteiger partial charge >= 0.3 is 0 Å².